The molecule has 0 N–H and O–H groups in total. The van der Waals surface area contributed by atoms with E-state index in [9.17, 15) is 4.21 Å². The topological polar surface area (TPSA) is 47.8 Å². The van der Waals surface area contributed by atoms with Crippen LogP contribution in [-0.4, -0.2) is 24.4 Å². The molecule has 0 aliphatic carbocycles. The van der Waals surface area contributed by atoms with Crippen LogP contribution in [0.5, 0.6) is 0 Å². The van der Waals surface area contributed by atoms with Gasteiger partial charge in [0.05, 0.1) is 11.2 Å². The fourth-order valence-corrected chi connectivity index (χ4v) is 2.89. The number of nitrogens with zero attached hydrogens (tertiary/aromatic N) is 3. The minimum absolute atomic E-state index is 0.201. The van der Waals surface area contributed by atoms with Crippen LogP contribution in [-0.2, 0) is 11.0 Å². The highest BCUT2D eigenvalue weighted by Gasteiger charge is 2.12. The van der Waals surface area contributed by atoms with Gasteiger partial charge in [0.1, 0.15) is 11.0 Å². The van der Waals surface area contributed by atoms with Crippen LogP contribution in [0.3, 0.4) is 0 Å². The number of hydrogen-bond donors (Lipinski definition) is 0. The summed E-state index contributed by atoms with van der Waals surface area (Å²) in [6, 6.07) is 9.56. The maximum Gasteiger partial charge on any atom is 0.222 e. The van der Waals surface area contributed by atoms with E-state index in [4.69, 9.17) is 11.6 Å². The average molecular weight is 292 g/mol. The molecule has 0 fully saturated rings. The van der Waals surface area contributed by atoms with Gasteiger partial charge in [-0.3, -0.25) is 3.97 Å². The molecule has 0 saturated heterocycles. The number of hydrogen-bond acceptors (Lipinski definition) is 3. The van der Waals surface area contributed by atoms with E-state index >= 15 is 0 Å². The zero-order valence-electron chi connectivity index (χ0n) is 10.1. The maximum atomic E-state index is 11.8. The molecule has 96 valence electrons. The van der Waals surface area contributed by atoms with E-state index < -0.39 is 11.0 Å². The van der Waals surface area contributed by atoms with E-state index in [1.807, 2.05) is 30.5 Å². The third-order valence-electron chi connectivity index (χ3n) is 2.86. The number of halogens is 1. The van der Waals surface area contributed by atoms with Gasteiger partial charge in [-0.15, -0.1) is 0 Å². The molecule has 3 aromatic rings. The number of rotatable bonds is 2. The zero-order valence-corrected chi connectivity index (χ0v) is 11.6. The Morgan fingerprint density at radius 2 is 2.05 bits per heavy atom. The van der Waals surface area contributed by atoms with Crippen molar-refractivity contribution in [2.45, 2.75) is 0 Å². The molecule has 0 amide bonds. The molecule has 0 aliphatic heterocycles. The SMILES string of the molecule is CS(=O)n1cc(-c2ccnc(Cl)n2)c2ccccc21. The van der Waals surface area contributed by atoms with Crippen LogP contribution in [0.4, 0.5) is 0 Å². The number of para-hydroxylation sites is 1. The Bertz CT molecular complexity index is 784. The molecule has 2 aromatic heterocycles. The molecule has 3 rings (SSSR count). The summed E-state index contributed by atoms with van der Waals surface area (Å²) in [7, 11) is -1.12. The highest BCUT2D eigenvalue weighted by Crippen LogP contribution is 2.29. The van der Waals surface area contributed by atoms with Crippen LogP contribution >= 0.6 is 11.6 Å². The van der Waals surface area contributed by atoms with Gasteiger partial charge in [-0.2, -0.15) is 0 Å². The van der Waals surface area contributed by atoms with Crippen molar-refractivity contribution in [2.75, 3.05) is 6.26 Å². The van der Waals surface area contributed by atoms with Crippen molar-refractivity contribution in [1.29, 1.82) is 0 Å². The largest absolute Gasteiger partial charge is 0.266 e. The minimum Gasteiger partial charge on any atom is -0.266 e. The fourth-order valence-electron chi connectivity index (χ4n) is 2.05. The van der Waals surface area contributed by atoms with Crippen molar-refractivity contribution >= 4 is 33.5 Å². The van der Waals surface area contributed by atoms with Crippen LogP contribution in [0.1, 0.15) is 0 Å². The normalized spacial score (nSPS) is 12.7. The van der Waals surface area contributed by atoms with E-state index in [1.54, 1.807) is 22.5 Å². The summed E-state index contributed by atoms with van der Waals surface area (Å²) in [6.07, 6.45) is 5.09. The van der Waals surface area contributed by atoms with Gasteiger partial charge in [0.2, 0.25) is 5.28 Å². The average Bonchev–Trinajstić information content (AvgIpc) is 2.78. The van der Waals surface area contributed by atoms with Gasteiger partial charge >= 0.3 is 0 Å². The molecule has 4 nitrogen and oxygen atoms in total. The van der Waals surface area contributed by atoms with Crippen molar-refractivity contribution < 1.29 is 4.21 Å². The Balaban J connectivity index is 2.33. The second-order valence-corrected chi connectivity index (χ2v) is 5.60. The molecule has 0 bridgehead atoms. The summed E-state index contributed by atoms with van der Waals surface area (Å²) in [4.78, 5) is 8.08. The molecule has 2 heterocycles. The first-order valence-electron chi connectivity index (χ1n) is 5.60. The van der Waals surface area contributed by atoms with Gasteiger partial charge in [-0.1, -0.05) is 18.2 Å². The molecule has 1 aromatic carbocycles. The second kappa shape index (κ2) is 4.75. The summed E-state index contributed by atoms with van der Waals surface area (Å²) in [5.74, 6) is 0. The quantitative estimate of drug-likeness (QED) is 0.682. The van der Waals surface area contributed by atoms with E-state index in [2.05, 4.69) is 9.97 Å². The number of fused-ring (bicyclic) bond motifs is 1. The van der Waals surface area contributed by atoms with E-state index in [1.165, 1.54) is 0 Å². The Kier molecular flexibility index (Phi) is 3.08. The molecule has 0 saturated carbocycles. The highest BCUT2D eigenvalue weighted by atomic mass is 35.5. The summed E-state index contributed by atoms with van der Waals surface area (Å²) in [6.45, 7) is 0. The third-order valence-corrected chi connectivity index (χ3v) is 3.90. The molecule has 1 unspecified atom stereocenters. The molecule has 0 spiro atoms. The fraction of sp³-hybridized carbons (Fsp3) is 0.0769. The Labute approximate surface area is 117 Å². The second-order valence-electron chi connectivity index (χ2n) is 4.02. The van der Waals surface area contributed by atoms with E-state index in [-0.39, 0.29) is 5.28 Å². The highest BCUT2D eigenvalue weighted by molar-refractivity contribution is 7.82. The molecule has 6 heteroatoms. The van der Waals surface area contributed by atoms with Gasteiger partial charge < -0.3 is 0 Å². The van der Waals surface area contributed by atoms with Gasteiger partial charge in [-0.25, -0.2) is 14.2 Å². The molecule has 0 aliphatic rings. The minimum atomic E-state index is -1.12. The van der Waals surface area contributed by atoms with E-state index in [0.717, 1.165) is 22.2 Å². The predicted octanol–water partition coefficient (Wildman–Crippen LogP) is 2.89. The van der Waals surface area contributed by atoms with Crippen LogP contribution in [0.2, 0.25) is 5.28 Å². The van der Waals surface area contributed by atoms with Crippen molar-refractivity contribution in [3.8, 4) is 11.3 Å². The smallest absolute Gasteiger partial charge is 0.222 e. The summed E-state index contributed by atoms with van der Waals surface area (Å²) in [5.41, 5.74) is 2.53. The predicted molar refractivity (Wildman–Crippen MR) is 77.4 cm³/mol. The molecule has 0 radical (unpaired) electrons. The monoisotopic (exact) mass is 291 g/mol. The lowest BCUT2D eigenvalue weighted by Crippen LogP contribution is -1.98. The third kappa shape index (κ3) is 2.15. The lowest BCUT2D eigenvalue weighted by molar-refractivity contribution is 0.682. The first-order valence-corrected chi connectivity index (χ1v) is 7.49. The maximum absolute atomic E-state index is 11.8. The molecule has 1 atom stereocenters. The van der Waals surface area contributed by atoms with Gasteiger partial charge in [-0.05, 0) is 23.7 Å². The standard InChI is InChI=1S/C13H10ClN3OS/c1-19(18)17-8-10(9-4-2-3-5-12(9)17)11-6-7-15-13(14)16-11/h2-8H,1H3. The van der Waals surface area contributed by atoms with Crippen molar-refractivity contribution in [1.82, 2.24) is 13.9 Å². The summed E-state index contributed by atoms with van der Waals surface area (Å²) < 4.78 is 13.5. The zero-order chi connectivity index (χ0) is 13.4. The van der Waals surface area contributed by atoms with Crippen LogP contribution in [0, 0.1) is 0 Å². The number of benzene rings is 1. The first kappa shape index (κ1) is 12.3. The first-order chi connectivity index (χ1) is 9.16. The van der Waals surface area contributed by atoms with Crippen LogP contribution in [0.15, 0.2) is 42.7 Å². The van der Waals surface area contributed by atoms with Crippen molar-refractivity contribution in [3.63, 3.8) is 0 Å². The number of aromatic nitrogens is 3. The van der Waals surface area contributed by atoms with Gasteiger partial charge in [0.25, 0.3) is 0 Å². The lowest BCUT2D eigenvalue weighted by atomic mass is 10.1. The van der Waals surface area contributed by atoms with Crippen molar-refractivity contribution in [2.24, 2.45) is 0 Å². The Morgan fingerprint density at radius 3 is 2.79 bits per heavy atom. The summed E-state index contributed by atoms with van der Waals surface area (Å²) >= 11 is 5.83. The van der Waals surface area contributed by atoms with Gasteiger partial charge in [0.15, 0.2) is 0 Å². The molecular formula is C13H10ClN3OS. The molecule has 19 heavy (non-hydrogen) atoms. The van der Waals surface area contributed by atoms with Gasteiger partial charge in [0, 0.05) is 29.6 Å². The Morgan fingerprint density at radius 1 is 1.26 bits per heavy atom. The lowest BCUT2D eigenvalue weighted by Gasteiger charge is -1.98. The Hall–Kier alpha value is -1.72. The van der Waals surface area contributed by atoms with Crippen molar-refractivity contribution in [3.05, 3.63) is 48.0 Å². The molecular weight excluding hydrogens is 282 g/mol. The van der Waals surface area contributed by atoms with Crippen LogP contribution < -0.4 is 0 Å². The van der Waals surface area contributed by atoms with Crippen LogP contribution in [0.25, 0.3) is 22.2 Å². The summed E-state index contributed by atoms with van der Waals surface area (Å²) in [5, 5.41) is 1.19. The van der Waals surface area contributed by atoms with E-state index in [0.29, 0.717) is 0 Å².